The molecule has 19 heavy (non-hydrogen) atoms. The maximum Gasteiger partial charge on any atom is 0.261 e. The quantitative estimate of drug-likeness (QED) is 0.834. The number of halogens is 1. The van der Waals surface area contributed by atoms with Crippen molar-refractivity contribution in [1.82, 2.24) is 10.2 Å². The van der Waals surface area contributed by atoms with Crippen LogP contribution in [0.15, 0.2) is 24.3 Å². The van der Waals surface area contributed by atoms with Gasteiger partial charge in [0.05, 0.1) is 0 Å². The van der Waals surface area contributed by atoms with Gasteiger partial charge in [-0.2, -0.15) is 0 Å². The van der Waals surface area contributed by atoms with E-state index in [1.807, 2.05) is 25.9 Å². The molecule has 1 aromatic rings. The highest BCUT2D eigenvalue weighted by atomic mass is 35.5. The molecular formula is C14H21ClN2O2. The van der Waals surface area contributed by atoms with E-state index < -0.39 is 6.10 Å². The largest absolute Gasteiger partial charge is 0.481 e. The Hall–Kier alpha value is -1.26. The summed E-state index contributed by atoms with van der Waals surface area (Å²) in [6, 6.07) is 7.07. The molecule has 106 valence electrons. The first-order chi connectivity index (χ1) is 9.02. The van der Waals surface area contributed by atoms with Gasteiger partial charge in [-0.15, -0.1) is 0 Å². The van der Waals surface area contributed by atoms with Crippen molar-refractivity contribution in [3.05, 3.63) is 29.3 Å². The summed E-state index contributed by atoms with van der Waals surface area (Å²) in [7, 11) is 3.93. The van der Waals surface area contributed by atoms with Crippen molar-refractivity contribution in [2.45, 2.75) is 19.4 Å². The standard InChI is InChI=1S/C14H21ClN2O2/c1-4-13(14(18)16-8-9-17(2)3)19-12-7-5-6-11(15)10-12/h5-7,10,13H,4,8-9H2,1-3H3,(H,16,18)/t13-/m0/s1. The summed E-state index contributed by atoms with van der Waals surface area (Å²) in [5.74, 6) is 0.520. The molecule has 1 N–H and O–H groups in total. The average molecular weight is 285 g/mol. The van der Waals surface area contributed by atoms with Crippen LogP contribution >= 0.6 is 11.6 Å². The summed E-state index contributed by atoms with van der Waals surface area (Å²) in [5, 5.41) is 3.46. The average Bonchev–Trinajstić information content (AvgIpc) is 2.35. The third kappa shape index (κ3) is 5.94. The minimum absolute atomic E-state index is 0.0932. The van der Waals surface area contributed by atoms with Gasteiger partial charge in [0.2, 0.25) is 0 Å². The molecule has 1 rings (SSSR count). The van der Waals surface area contributed by atoms with E-state index in [2.05, 4.69) is 5.32 Å². The maximum absolute atomic E-state index is 12.0. The van der Waals surface area contributed by atoms with Crippen LogP contribution in [0.5, 0.6) is 5.75 Å². The molecule has 0 fully saturated rings. The normalized spacial score (nSPS) is 12.3. The number of likely N-dealkylation sites (N-methyl/N-ethyl adjacent to an activating group) is 1. The third-order valence-electron chi connectivity index (χ3n) is 2.60. The Kier molecular flexibility index (Phi) is 6.67. The van der Waals surface area contributed by atoms with Crippen LogP contribution in [0.3, 0.4) is 0 Å². The molecule has 1 atom stereocenters. The summed E-state index contributed by atoms with van der Waals surface area (Å²) in [6.07, 6.45) is 0.126. The smallest absolute Gasteiger partial charge is 0.261 e. The van der Waals surface area contributed by atoms with E-state index in [1.165, 1.54) is 0 Å². The van der Waals surface area contributed by atoms with Crippen LogP contribution in [0, 0.1) is 0 Å². The third-order valence-corrected chi connectivity index (χ3v) is 2.83. The van der Waals surface area contributed by atoms with Gasteiger partial charge in [-0.25, -0.2) is 0 Å². The summed E-state index contributed by atoms with van der Waals surface area (Å²) in [4.78, 5) is 14.0. The minimum Gasteiger partial charge on any atom is -0.481 e. The molecule has 0 aromatic heterocycles. The van der Waals surface area contributed by atoms with Gasteiger partial charge in [-0.1, -0.05) is 24.6 Å². The van der Waals surface area contributed by atoms with E-state index in [0.29, 0.717) is 23.7 Å². The zero-order valence-corrected chi connectivity index (χ0v) is 12.4. The van der Waals surface area contributed by atoms with Gasteiger partial charge in [0, 0.05) is 18.1 Å². The second-order valence-electron chi connectivity index (χ2n) is 4.57. The topological polar surface area (TPSA) is 41.6 Å². The number of carbonyl (C=O) groups excluding carboxylic acids is 1. The van der Waals surface area contributed by atoms with Crippen LogP contribution in [0.25, 0.3) is 0 Å². The van der Waals surface area contributed by atoms with Crippen molar-refractivity contribution >= 4 is 17.5 Å². The van der Waals surface area contributed by atoms with Gasteiger partial charge in [0.15, 0.2) is 6.10 Å². The number of hydrogen-bond acceptors (Lipinski definition) is 3. The molecule has 0 radical (unpaired) electrons. The van der Waals surface area contributed by atoms with Gasteiger partial charge in [-0.05, 0) is 38.7 Å². The molecule has 0 saturated heterocycles. The van der Waals surface area contributed by atoms with Crippen molar-refractivity contribution in [3.63, 3.8) is 0 Å². The molecule has 0 unspecified atom stereocenters. The summed E-state index contributed by atoms with van der Waals surface area (Å²) in [6.45, 7) is 3.33. The molecule has 1 amide bonds. The van der Waals surface area contributed by atoms with Gasteiger partial charge in [0.1, 0.15) is 5.75 Å². The molecule has 4 nitrogen and oxygen atoms in total. The lowest BCUT2D eigenvalue weighted by Crippen LogP contribution is -2.40. The Morgan fingerprint density at radius 1 is 1.47 bits per heavy atom. The van der Waals surface area contributed by atoms with E-state index in [-0.39, 0.29) is 5.91 Å². The Labute approximate surface area is 119 Å². The zero-order chi connectivity index (χ0) is 14.3. The van der Waals surface area contributed by atoms with E-state index in [1.54, 1.807) is 24.3 Å². The van der Waals surface area contributed by atoms with Gasteiger partial charge in [0.25, 0.3) is 5.91 Å². The van der Waals surface area contributed by atoms with E-state index in [9.17, 15) is 4.79 Å². The molecular weight excluding hydrogens is 264 g/mol. The summed E-state index contributed by atoms with van der Waals surface area (Å²) in [5.41, 5.74) is 0. The lowest BCUT2D eigenvalue weighted by atomic mass is 10.2. The number of hydrogen-bond donors (Lipinski definition) is 1. The molecule has 0 heterocycles. The predicted molar refractivity (Wildman–Crippen MR) is 77.7 cm³/mol. The Morgan fingerprint density at radius 2 is 2.21 bits per heavy atom. The molecule has 0 aliphatic carbocycles. The van der Waals surface area contributed by atoms with Crippen molar-refractivity contribution < 1.29 is 9.53 Å². The molecule has 5 heteroatoms. The Morgan fingerprint density at radius 3 is 2.79 bits per heavy atom. The van der Waals surface area contributed by atoms with Crippen LogP contribution in [-0.2, 0) is 4.79 Å². The first-order valence-corrected chi connectivity index (χ1v) is 6.75. The molecule has 1 aromatic carbocycles. The number of benzene rings is 1. The number of nitrogens with one attached hydrogen (secondary N) is 1. The van der Waals surface area contributed by atoms with Crippen LogP contribution in [0.2, 0.25) is 5.02 Å². The lowest BCUT2D eigenvalue weighted by molar-refractivity contribution is -0.128. The molecule has 0 aliphatic heterocycles. The van der Waals surface area contributed by atoms with E-state index in [0.717, 1.165) is 6.54 Å². The van der Waals surface area contributed by atoms with E-state index >= 15 is 0 Å². The number of ether oxygens (including phenoxy) is 1. The molecule has 0 saturated carbocycles. The SMILES string of the molecule is CC[C@H](Oc1cccc(Cl)c1)C(=O)NCCN(C)C. The fourth-order valence-electron chi connectivity index (χ4n) is 1.54. The van der Waals surface area contributed by atoms with E-state index in [4.69, 9.17) is 16.3 Å². The summed E-state index contributed by atoms with van der Waals surface area (Å²) >= 11 is 5.88. The van der Waals surface area contributed by atoms with Crippen LogP contribution < -0.4 is 10.1 Å². The maximum atomic E-state index is 12.0. The highest BCUT2D eigenvalue weighted by Crippen LogP contribution is 2.19. The molecule has 0 aliphatic rings. The summed E-state index contributed by atoms with van der Waals surface area (Å²) < 4.78 is 5.65. The van der Waals surface area contributed by atoms with Crippen LogP contribution in [0.1, 0.15) is 13.3 Å². The van der Waals surface area contributed by atoms with Gasteiger partial charge in [-0.3, -0.25) is 4.79 Å². The van der Waals surface area contributed by atoms with Crippen molar-refractivity contribution in [2.24, 2.45) is 0 Å². The second kappa shape index (κ2) is 8.02. The van der Waals surface area contributed by atoms with Crippen LogP contribution in [0.4, 0.5) is 0 Å². The Bertz CT molecular complexity index is 410. The molecule has 0 bridgehead atoms. The number of carbonyl (C=O) groups is 1. The second-order valence-corrected chi connectivity index (χ2v) is 5.00. The fourth-order valence-corrected chi connectivity index (χ4v) is 1.72. The van der Waals surface area contributed by atoms with Crippen molar-refractivity contribution in [3.8, 4) is 5.75 Å². The van der Waals surface area contributed by atoms with Gasteiger partial charge < -0.3 is 15.0 Å². The van der Waals surface area contributed by atoms with Crippen molar-refractivity contribution in [2.75, 3.05) is 27.2 Å². The minimum atomic E-state index is -0.486. The van der Waals surface area contributed by atoms with Crippen LogP contribution in [-0.4, -0.2) is 44.1 Å². The molecule has 0 spiro atoms. The number of rotatable bonds is 7. The number of amides is 1. The highest BCUT2D eigenvalue weighted by Gasteiger charge is 2.17. The predicted octanol–water partition coefficient (Wildman–Crippen LogP) is 2.18. The van der Waals surface area contributed by atoms with Crippen molar-refractivity contribution in [1.29, 1.82) is 0 Å². The van der Waals surface area contributed by atoms with Gasteiger partial charge >= 0.3 is 0 Å². The number of nitrogens with zero attached hydrogens (tertiary/aromatic N) is 1. The monoisotopic (exact) mass is 284 g/mol. The fraction of sp³-hybridized carbons (Fsp3) is 0.500. The lowest BCUT2D eigenvalue weighted by Gasteiger charge is -2.18. The first kappa shape index (κ1) is 15.8. The highest BCUT2D eigenvalue weighted by molar-refractivity contribution is 6.30. The first-order valence-electron chi connectivity index (χ1n) is 6.37. The Balaban J connectivity index is 2.50. The zero-order valence-electron chi connectivity index (χ0n) is 11.6.